The molecule has 8 nitrogen and oxygen atoms in total. The Kier molecular flexibility index (Phi) is 6.90. The van der Waals surface area contributed by atoms with Gasteiger partial charge in [0, 0.05) is 12.6 Å². The minimum atomic E-state index is -0.810. The Morgan fingerprint density at radius 2 is 1.92 bits per heavy atom. The van der Waals surface area contributed by atoms with E-state index in [9.17, 15) is 19.7 Å². The zero-order valence-corrected chi connectivity index (χ0v) is 15.2. The molecular formula is C17H24N2O6. The van der Waals surface area contributed by atoms with E-state index in [-0.39, 0.29) is 5.56 Å². The second-order valence-corrected chi connectivity index (χ2v) is 6.44. The minimum Gasteiger partial charge on any atom is -0.465 e. The molecule has 0 aliphatic rings. The molecular weight excluding hydrogens is 328 g/mol. The van der Waals surface area contributed by atoms with Crippen molar-refractivity contribution in [3.8, 4) is 0 Å². The molecule has 0 saturated carbocycles. The van der Waals surface area contributed by atoms with E-state index in [1.54, 1.807) is 20.8 Å². The SMILES string of the molecule is CCCCN(C(=O)OC(C)(C)C)c1ccc(C(=O)OC)c([N+](=O)[O-])c1. The second kappa shape index (κ2) is 8.46. The summed E-state index contributed by atoms with van der Waals surface area (Å²) in [5, 5.41) is 11.3. The molecule has 0 aromatic heterocycles. The lowest BCUT2D eigenvalue weighted by Gasteiger charge is -2.27. The van der Waals surface area contributed by atoms with Crippen LogP contribution in [-0.4, -0.2) is 36.2 Å². The van der Waals surface area contributed by atoms with Crippen LogP contribution in [0.25, 0.3) is 0 Å². The van der Waals surface area contributed by atoms with Gasteiger partial charge in [-0.15, -0.1) is 0 Å². The lowest BCUT2D eigenvalue weighted by Crippen LogP contribution is -2.37. The molecule has 25 heavy (non-hydrogen) atoms. The Labute approximate surface area is 146 Å². The first-order valence-electron chi connectivity index (χ1n) is 7.98. The van der Waals surface area contributed by atoms with Crippen LogP contribution in [0.5, 0.6) is 0 Å². The van der Waals surface area contributed by atoms with Gasteiger partial charge in [-0.3, -0.25) is 15.0 Å². The number of carbonyl (C=O) groups excluding carboxylic acids is 2. The number of unbranched alkanes of at least 4 members (excludes halogenated alkanes) is 1. The first-order valence-corrected chi connectivity index (χ1v) is 7.98. The fourth-order valence-electron chi connectivity index (χ4n) is 2.08. The van der Waals surface area contributed by atoms with Crippen LogP contribution in [0.1, 0.15) is 50.9 Å². The summed E-state index contributed by atoms with van der Waals surface area (Å²) in [5.41, 5.74) is -0.994. The molecule has 1 rings (SSSR count). The van der Waals surface area contributed by atoms with E-state index >= 15 is 0 Å². The van der Waals surface area contributed by atoms with Crippen molar-refractivity contribution in [3.63, 3.8) is 0 Å². The molecule has 138 valence electrons. The van der Waals surface area contributed by atoms with Crippen LogP contribution in [0.2, 0.25) is 0 Å². The standard InChI is InChI=1S/C17H24N2O6/c1-6-7-10-18(16(21)25-17(2,3)4)12-8-9-13(15(20)24-5)14(11-12)19(22)23/h8-9,11H,6-7,10H2,1-5H3. The monoisotopic (exact) mass is 352 g/mol. The fourth-order valence-corrected chi connectivity index (χ4v) is 2.08. The summed E-state index contributed by atoms with van der Waals surface area (Å²) in [7, 11) is 1.15. The summed E-state index contributed by atoms with van der Waals surface area (Å²) in [6.45, 7) is 7.54. The number of amides is 1. The molecule has 0 N–H and O–H groups in total. The van der Waals surface area contributed by atoms with Crippen molar-refractivity contribution in [1.29, 1.82) is 0 Å². The van der Waals surface area contributed by atoms with Crippen molar-refractivity contribution < 1.29 is 24.0 Å². The quantitative estimate of drug-likeness (QED) is 0.437. The van der Waals surface area contributed by atoms with Gasteiger partial charge < -0.3 is 9.47 Å². The van der Waals surface area contributed by atoms with Crippen molar-refractivity contribution >= 4 is 23.4 Å². The zero-order valence-electron chi connectivity index (χ0n) is 15.2. The number of ether oxygens (including phenoxy) is 2. The molecule has 0 aliphatic heterocycles. The van der Waals surface area contributed by atoms with Crippen molar-refractivity contribution in [3.05, 3.63) is 33.9 Å². The average Bonchev–Trinajstić information content (AvgIpc) is 2.52. The summed E-state index contributed by atoms with van der Waals surface area (Å²) in [4.78, 5) is 36.1. The summed E-state index contributed by atoms with van der Waals surface area (Å²) in [5.74, 6) is -0.810. The molecule has 0 aliphatic carbocycles. The average molecular weight is 352 g/mol. The smallest absolute Gasteiger partial charge is 0.414 e. The number of methoxy groups -OCH3 is 1. The third-order valence-electron chi connectivity index (χ3n) is 3.24. The third kappa shape index (κ3) is 5.74. The molecule has 0 atom stereocenters. The molecule has 0 heterocycles. The van der Waals surface area contributed by atoms with E-state index in [4.69, 9.17) is 4.74 Å². The molecule has 0 saturated heterocycles. The highest BCUT2D eigenvalue weighted by Crippen LogP contribution is 2.28. The molecule has 0 radical (unpaired) electrons. The molecule has 1 aromatic rings. The maximum absolute atomic E-state index is 12.5. The fraction of sp³-hybridized carbons (Fsp3) is 0.529. The van der Waals surface area contributed by atoms with Gasteiger partial charge in [-0.25, -0.2) is 9.59 Å². The lowest BCUT2D eigenvalue weighted by atomic mass is 10.1. The maximum Gasteiger partial charge on any atom is 0.414 e. The number of anilines is 1. The Hall–Kier alpha value is -2.64. The van der Waals surface area contributed by atoms with Crippen LogP contribution in [-0.2, 0) is 9.47 Å². The summed E-state index contributed by atoms with van der Waals surface area (Å²) >= 11 is 0. The number of rotatable bonds is 6. The van der Waals surface area contributed by atoms with Gasteiger partial charge in [0.15, 0.2) is 0 Å². The van der Waals surface area contributed by atoms with Crippen molar-refractivity contribution in [2.45, 2.75) is 46.1 Å². The number of nitro benzene ring substituents is 1. The molecule has 8 heteroatoms. The minimum absolute atomic E-state index is 0.170. The van der Waals surface area contributed by atoms with Gasteiger partial charge in [-0.1, -0.05) is 13.3 Å². The molecule has 0 unspecified atom stereocenters. The van der Waals surface area contributed by atoms with Crippen LogP contribution >= 0.6 is 0 Å². The summed E-state index contributed by atoms with van der Waals surface area (Å²) in [6.07, 6.45) is 0.939. The molecule has 1 aromatic carbocycles. The highest BCUT2D eigenvalue weighted by molar-refractivity contribution is 5.96. The van der Waals surface area contributed by atoms with Gasteiger partial charge in [-0.05, 0) is 39.3 Å². The van der Waals surface area contributed by atoms with Crippen molar-refractivity contribution in [2.24, 2.45) is 0 Å². The Balaban J connectivity index is 3.29. The molecule has 0 fully saturated rings. The van der Waals surface area contributed by atoms with Crippen LogP contribution in [0.3, 0.4) is 0 Å². The largest absolute Gasteiger partial charge is 0.465 e. The van der Waals surface area contributed by atoms with E-state index in [2.05, 4.69) is 4.74 Å². The Morgan fingerprint density at radius 3 is 2.40 bits per heavy atom. The van der Waals surface area contributed by atoms with Gasteiger partial charge in [0.1, 0.15) is 11.2 Å². The van der Waals surface area contributed by atoms with Crippen LogP contribution < -0.4 is 4.90 Å². The second-order valence-electron chi connectivity index (χ2n) is 6.44. The highest BCUT2D eigenvalue weighted by atomic mass is 16.6. The Morgan fingerprint density at radius 1 is 1.28 bits per heavy atom. The van der Waals surface area contributed by atoms with E-state index in [1.807, 2.05) is 6.92 Å². The van der Waals surface area contributed by atoms with Crippen LogP contribution in [0.4, 0.5) is 16.2 Å². The number of hydrogen-bond donors (Lipinski definition) is 0. The first-order chi connectivity index (χ1) is 11.6. The van der Waals surface area contributed by atoms with Crippen LogP contribution in [0, 0.1) is 10.1 Å². The van der Waals surface area contributed by atoms with Gasteiger partial charge >= 0.3 is 12.1 Å². The topological polar surface area (TPSA) is 99.0 Å². The predicted molar refractivity (Wildman–Crippen MR) is 92.9 cm³/mol. The number of benzene rings is 1. The van der Waals surface area contributed by atoms with Gasteiger partial charge in [0.05, 0.1) is 17.7 Å². The third-order valence-corrected chi connectivity index (χ3v) is 3.24. The van der Waals surface area contributed by atoms with Crippen molar-refractivity contribution in [1.82, 2.24) is 0 Å². The van der Waals surface area contributed by atoms with E-state index in [0.29, 0.717) is 18.7 Å². The summed E-state index contributed by atoms with van der Waals surface area (Å²) < 4.78 is 9.93. The lowest BCUT2D eigenvalue weighted by molar-refractivity contribution is -0.385. The predicted octanol–water partition coefficient (Wildman–Crippen LogP) is 3.92. The molecule has 0 bridgehead atoms. The molecule has 0 spiro atoms. The maximum atomic E-state index is 12.5. The van der Waals surface area contributed by atoms with E-state index < -0.39 is 28.3 Å². The normalized spacial score (nSPS) is 10.9. The van der Waals surface area contributed by atoms with Gasteiger partial charge in [0.25, 0.3) is 5.69 Å². The number of esters is 1. The van der Waals surface area contributed by atoms with Gasteiger partial charge in [-0.2, -0.15) is 0 Å². The zero-order chi connectivity index (χ0) is 19.2. The van der Waals surface area contributed by atoms with Gasteiger partial charge in [0.2, 0.25) is 0 Å². The Bertz CT molecular complexity index is 651. The summed E-state index contributed by atoms with van der Waals surface area (Å²) in [6, 6.07) is 3.94. The molecule has 1 amide bonds. The van der Waals surface area contributed by atoms with Crippen LogP contribution in [0.15, 0.2) is 18.2 Å². The highest BCUT2D eigenvalue weighted by Gasteiger charge is 2.27. The number of hydrogen-bond acceptors (Lipinski definition) is 6. The number of nitro groups is 1. The number of nitrogens with zero attached hydrogens (tertiary/aromatic N) is 2. The number of carbonyl (C=O) groups is 2. The van der Waals surface area contributed by atoms with Crippen molar-refractivity contribution in [2.75, 3.05) is 18.6 Å². The first kappa shape index (κ1) is 20.4. The van der Waals surface area contributed by atoms with E-state index in [1.165, 1.54) is 23.1 Å². The van der Waals surface area contributed by atoms with E-state index in [0.717, 1.165) is 13.5 Å².